The lowest BCUT2D eigenvalue weighted by Gasteiger charge is -2.21. The molecule has 0 radical (unpaired) electrons. The van der Waals surface area contributed by atoms with Gasteiger partial charge in [0.1, 0.15) is 5.82 Å². The number of halogens is 2. The SMILES string of the molecule is NC1CCc2cc(Cl)cc(F)c2C1. The highest BCUT2D eigenvalue weighted by molar-refractivity contribution is 6.30. The fourth-order valence-corrected chi connectivity index (χ4v) is 2.04. The first-order chi connectivity index (χ1) is 6.16. The van der Waals surface area contributed by atoms with Gasteiger partial charge in [0.2, 0.25) is 0 Å². The maximum Gasteiger partial charge on any atom is 0.128 e. The van der Waals surface area contributed by atoms with Gasteiger partial charge in [-0.15, -0.1) is 0 Å². The van der Waals surface area contributed by atoms with E-state index in [4.69, 9.17) is 17.3 Å². The second-order valence-electron chi connectivity index (χ2n) is 3.53. The number of fused-ring (bicyclic) bond motifs is 1. The Labute approximate surface area is 81.7 Å². The largest absolute Gasteiger partial charge is 0.327 e. The Morgan fingerprint density at radius 2 is 2.23 bits per heavy atom. The number of hydrogen-bond donors (Lipinski definition) is 1. The minimum atomic E-state index is -0.211. The van der Waals surface area contributed by atoms with Crippen molar-refractivity contribution >= 4 is 11.6 Å². The number of hydrogen-bond acceptors (Lipinski definition) is 1. The van der Waals surface area contributed by atoms with Crippen LogP contribution < -0.4 is 5.73 Å². The normalized spacial score (nSPS) is 21.3. The van der Waals surface area contributed by atoms with Gasteiger partial charge < -0.3 is 5.73 Å². The summed E-state index contributed by atoms with van der Waals surface area (Å²) in [4.78, 5) is 0. The number of nitrogens with two attached hydrogens (primary N) is 1. The average Bonchev–Trinajstić information content (AvgIpc) is 2.06. The third-order valence-electron chi connectivity index (χ3n) is 2.50. The van der Waals surface area contributed by atoms with Crippen molar-refractivity contribution in [1.29, 1.82) is 0 Å². The zero-order chi connectivity index (χ0) is 9.42. The summed E-state index contributed by atoms with van der Waals surface area (Å²) in [5.74, 6) is -0.211. The molecular weight excluding hydrogens is 189 g/mol. The summed E-state index contributed by atoms with van der Waals surface area (Å²) in [6.45, 7) is 0. The molecule has 1 aliphatic rings. The lowest BCUT2D eigenvalue weighted by molar-refractivity contribution is 0.534. The van der Waals surface area contributed by atoms with E-state index in [0.29, 0.717) is 11.4 Å². The monoisotopic (exact) mass is 199 g/mol. The quantitative estimate of drug-likeness (QED) is 0.682. The minimum Gasteiger partial charge on any atom is -0.327 e. The molecule has 1 aromatic rings. The van der Waals surface area contributed by atoms with E-state index in [2.05, 4.69) is 0 Å². The molecule has 1 aliphatic carbocycles. The number of benzene rings is 1. The molecule has 0 aromatic heterocycles. The first kappa shape index (κ1) is 8.97. The Kier molecular flexibility index (Phi) is 2.26. The second kappa shape index (κ2) is 3.28. The Morgan fingerprint density at radius 1 is 1.46 bits per heavy atom. The van der Waals surface area contributed by atoms with Crippen LogP contribution in [0.1, 0.15) is 17.5 Å². The first-order valence-electron chi connectivity index (χ1n) is 4.39. The van der Waals surface area contributed by atoms with E-state index in [9.17, 15) is 4.39 Å². The van der Waals surface area contributed by atoms with Crippen molar-refractivity contribution in [3.63, 3.8) is 0 Å². The van der Waals surface area contributed by atoms with Crippen LogP contribution in [0.3, 0.4) is 0 Å². The maximum atomic E-state index is 13.4. The molecule has 0 fully saturated rings. The Balaban J connectivity index is 2.47. The molecule has 3 heteroatoms. The molecule has 0 spiro atoms. The molecule has 2 rings (SSSR count). The summed E-state index contributed by atoms with van der Waals surface area (Å²) in [6.07, 6.45) is 2.40. The molecule has 2 N–H and O–H groups in total. The minimum absolute atomic E-state index is 0.100. The second-order valence-corrected chi connectivity index (χ2v) is 3.96. The van der Waals surface area contributed by atoms with Crippen molar-refractivity contribution < 1.29 is 4.39 Å². The Bertz CT molecular complexity index is 338. The summed E-state index contributed by atoms with van der Waals surface area (Å²) in [6, 6.07) is 3.30. The van der Waals surface area contributed by atoms with Crippen molar-refractivity contribution in [2.45, 2.75) is 25.3 Å². The first-order valence-corrected chi connectivity index (χ1v) is 4.77. The van der Waals surface area contributed by atoms with Gasteiger partial charge in [-0.05, 0) is 42.5 Å². The van der Waals surface area contributed by atoms with Gasteiger partial charge in [0, 0.05) is 11.1 Å². The summed E-state index contributed by atoms with van der Waals surface area (Å²) >= 11 is 5.75. The molecule has 0 saturated carbocycles. The van der Waals surface area contributed by atoms with Crippen LogP contribution in [0.25, 0.3) is 0 Å². The van der Waals surface area contributed by atoms with Crippen LogP contribution in [-0.2, 0) is 12.8 Å². The lowest BCUT2D eigenvalue weighted by atomic mass is 9.88. The van der Waals surface area contributed by atoms with Gasteiger partial charge in [-0.1, -0.05) is 11.6 Å². The smallest absolute Gasteiger partial charge is 0.128 e. The van der Waals surface area contributed by atoms with E-state index < -0.39 is 0 Å². The van der Waals surface area contributed by atoms with Crippen LogP contribution in [-0.4, -0.2) is 6.04 Å². The molecule has 1 nitrogen and oxygen atoms in total. The predicted octanol–water partition coefficient (Wildman–Crippen LogP) is 2.30. The van der Waals surface area contributed by atoms with Gasteiger partial charge >= 0.3 is 0 Å². The summed E-state index contributed by atoms with van der Waals surface area (Å²) in [7, 11) is 0. The van der Waals surface area contributed by atoms with Crippen molar-refractivity contribution in [3.8, 4) is 0 Å². The van der Waals surface area contributed by atoms with Crippen molar-refractivity contribution in [3.05, 3.63) is 34.1 Å². The average molecular weight is 200 g/mol. The van der Waals surface area contributed by atoms with Gasteiger partial charge in [0.15, 0.2) is 0 Å². The van der Waals surface area contributed by atoms with E-state index in [1.165, 1.54) is 6.07 Å². The molecule has 1 atom stereocenters. The van der Waals surface area contributed by atoms with E-state index in [1.54, 1.807) is 0 Å². The summed E-state index contributed by atoms with van der Waals surface area (Å²) < 4.78 is 13.4. The van der Waals surface area contributed by atoms with Crippen molar-refractivity contribution in [2.75, 3.05) is 0 Å². The van der Waals surface area contributed by atoms with Gasteiger partial charge in [0.05, 0.1) is 0 Å². The van der Waals surface area contributed by atoms with Crippen LogP contribution in [0.2, 0.25) is 5.02 Å². The molecule has 0 heterocycles. The van der Waals surface area contributed by atoms with E-state index in [-0.39, 0.29) is 11.9 Å². The standard InChI is InChI=1S/C10H11ClFN/c11-7-3-6-1-2-8(13)5-9(6)10(12)4-7/h3-4,8H,1-2,5,13H2. The van der Waals surface area contributed by atoms with Crippen LogP contribution in [0, 0.1) is 5.82 Å². The molecule has 0 amide bonds. The summed E-state index contributed by atoms with van der Waals surface area (Å²) in [5.41, 5.74) is 7.53. The highest BCUT2D eigenvalue weighted by Crippen LogP contribution is 2.26. The topological polar surface area (TPSA) is 26.0 Å². The molecule has 1 aromatic carbocycles. The Morgan fingerprint density at radius 3 is 3.00 bits per heavy atom. The van der Waals surface area contributed by atoms with Crippen LogP contribution >= 0.6 is 11.6 Å². The Hall–Kier alpha value is -0.600. The van der Waals surface area contributed by atoms with E-state index in [0.717, 1.165) is 24.0 Å². The van der Waals surface area contributed by atoms with Gasteiger partial charge in [0.25, 0.3) is 0 Å². The molecule has 0 aliphatic heterocycles. The molecule has 0 bridgehead atoms. The molecule has 0 saturated heterocycles. The third-order valence-corrected chi connectivity index (χ3v) is 2.72. The zero-order valence-corrected chi connectivity index (χ0v) is 7.94. The number of rotatable bonds is 0. The molecule has 70 valence electrons. The fraction of sp³-hybridized carbons (Fsp3) is 0.400. The maximum absolute atomic E-state index is 13.4. The molecular formula is C10H11ClFN. The van der Waals surface area contributed by atoms with Crippen LogP contribution in [0.5, 0.6) is 0 Å². The highest BCUT2D eigenvalue weighted by atomic mass is 35.5. The van der Waals surface area contributed by atoms with Gasteiger partial charge in [-0.25, -0.2) is 4.39 Å². The number of aryl methyl sites for hydroxylation is 1. The lowest BCUT2D eigenvalue weighted by Crippen LogP contribution is -2.28. The van der Waals surface area contributed by atoms with Gasteiger partial charge in [-0.2, -0.15) is 0 Å². The summed E-state index contributed by atoms with van der Waals surface area (Å²) in [5, 5.41) is 0.478. The van der Waals surface area contributed by atoms with Crippen LogP contribution in [0.4, 0.5) is 4.39 Å². The van der Waals surface area contributed by atoms with Gasteiger partial charge in [-0.3, -0.25) is 0 Å². The van der Waals surface area contributed by atoms with E-state index in [1.807, 2.05) is 6.07 Å². The predicted molar refractivity (Wildman–Crippen MR) is 51.4 cm³/mol. The van der Waals surface area contributed by atoms with E-state index >= 15 is 0 Å². The highest BCUT2D eigenvalue weighted by Gasteiger charge is 2.19. The molecule has 1 unspecified atom stereocenters. The zero-order valence-electron chi connectivity index (χ0n) is 7.19. The molecule has 13 heavy (non-hydrogen) atoms. The van der Waals surface area contributed by atoms with Crippen molar-refractivity contribution in [2.24, 2.45) is 5.73 Å². The third kappa shape index (κ3) is 1.69. The fourth-order valence-electron chi connectivity index (χ4n) is 1.81. The van der Waals surface area contributed by atoms with Crippen molar-refractivity contribution in [1.82, 2.24) is 0 Å². The van der Waals surface area contributed by atoms with Crippen LogP contribution in [0.15, 0.2) is 12.1 Å².